The first-order chi connectivity index (χ1) is 14.7. The van der Waals surface area contributed by atoms with Gasteiger partial charge in [0.1, 0.15) is 23.0 Å². The van der Waals surface area contributed by atoms with E-state index in [9.17, 15) is 4.79 Å². The van der Waals surface area contributed by atoms with Gasteiger partial charge in [-0.25, -0.2) is 19.9 Å². The number of aromatic nitrogens is 5. The average Bonchev–Trinajstić information content (AvgIpc) is 3.11. The van der Waals surface area contributed by atoms with Crippen LogP contribution in [-0.4, -0.2) is 54.9 Å². The number of nitrogens with two attached hydrogens (primary N) is 1. The van der Waals surface area contributed by atoms with Crippen LogP contribution in [0.15, 0.2) is 18.6 Å². The highest BCUT2D eigenvalue weighted by Crippen LogP contribution is 2.23. The maximum absolute atomic E-state index is 12.6. The molecule has 0 spiro atoms. The summed E-state index contributed by atoms with van der Waals surface area (Å²) >= 11 is 6.08. The molecule has 1 atom stereocenters. The van der Waals surface area contributed by atoms with Crippen LogP contribution >= 0.6 is 11.6 Å². The second-order valence-electron chi connectivity index (χ2n) is 9.01. The Kier molecular flexibility index (Phi) is 5.81. The molecule has 1 amide bonds. The summed E-state index contributed by atoms with van der Waals surface area (Å²) in [5, 5.41) is 3.11. The van der Waals surface area contributed by atoms with Crippen LogP contribution in [0, 0.1) is 0 Å². The molecule has 1 saturated heterocycles. The van der Waals surface area contributed by atoms with Crippen molar-refractivity contribution in [3.63, 3.8) is 0 Å². The minimum atomic E-state index is -0.332. The van der Waals surface area contributed by atoms with E-state index in [0.717, 1.165) is 55.0 Å². The molecule has 31 heavy (non-hydrogen) atoms. The highest BCUT2D eigenvalue weighted by Gasteiger charge is 2.25. The Balaban J connectivity index is 1.42. The van der Waals surface area contributed by atoms with Crippen LogP contribution in [0.25, 0.3) is 11.0 Å². The number of hydrogen-bond donors (Lipinski definition) is 3. The molecule has 9 nitrogen and oxygen atoms in total. The minimum absolute atomic E-state index is 0.00479. The molecule has 0 bridgehead atoms. The van der Waals surface area contributed by atoms with Crippen molar-refractivity contribution in [2.45, 2.75) is 51.6 Å². The molecule has 1 unspecified atom stereocenters. The lowest BCUT2D eigenvalue weighted by Crippen LogP contribution is -2.47. The summed E-state index contributed by atoms with van der Waals surface area (Å²) in [4.78, 5) is 35.3. The van der Waals surface area contributed by atoms with E-state index in [-0.39, 0.29) is 33.9 Å². The normalized spacial score (nSPS) is 17.7. The van der Waals surface area contributed by atoms with Crippen LogP contribution in [0.5, 0.6) is 0 Å². The van der Waals surface area contributed by atoms with E-state index in [2.05, 4.69) is 57.0 Å². The lowest BCUT2D eigenvalue weighted by atomic mass is 9.96. The summed E-state index contributed by atoms with van der Waals surface area (Å²) < 4.78 is 0. The smallest absolute Gasteiger partial charge is 0.271 e. The number of halogens is 1. The predicted octanol–water partition coefficient (Wildman–Crippen LogP) is 2.68. The van der Waals surface area contributed by atoms with E-state index in [1.165, 1.54) is 6.33 Å². The standard InChI is InChI=1S/C21H27ClN8O/c1-21(2,3)20-24-8-15-14(29-20)7-13(27-15)10-30-6-4-5-12(9-30)28-19(31)17-16(22)18(23)26-11-25-17/h7-8,11-12,27H,4-6,9-10H2,1-3H3,(H,28,31)(H2,23,25,26). The molecule has 0 radical (unpaired) electrons. The van der Waals surface area contributed by atoms with Crippen LogP contribution in [-0.2, 0) is 12.0 Å². The Morgan fingerprint density at radius 2 is 2.16 bits per heavy atom. The van der Waals surface area contributed by atoms with Crippen LogP contribution in [0.2, 0.25) is 5.02 Å². The Bertz CT molecular complexity index is 1110. The molecule has 4 heterocycles. The topological polar surface area (TPSA) is 126 Å². The maximum atomic E-state index is 12.6. The number of nitrogens with one attached hydrogen (secondary N) is 2. The van der Waals surface area contributed by atoms with Crippen molar-refractivity contribution in [1.29, 1.82) is 0 Å². The third kappa shape index (κ3) is 4.77. The van der Waals surface area contributed by atoms with Crippen LogP contribution in [0.3, 0.4) is 0 Å². The number of H-pyrrole nitrogens is 1. The SMILES string of the molecule is CC(C)(C)c1ncc2[nH]c(CN3CCCC(NC(=O)c4ncnc(N)c4Cl)C3)cc2n1. The predicted molar refractivity (Wildman–Crippen MR) is 120 cm³/mol. The molecule has 164 valence electrons. The van der Waals surface area contributed by atoms with E-state index in [0.29, 0.717) is 0 Å². The Morgan fingerprint density at radius 3 is 2.94 bits per heavy atom. The summed E-state index contributed by atoms with van der Waals surface area (Å²) in [6.07, 6.45) is 4.97. The number of carbonyl (C=O) groups is 1. The zero-order valence-corrected chi connectivity index (χ0v) is 18.7. The number of fused-ring (bicyclic) bond motifs is 1. The number of piperidine rings is 1. The van der Waals surface area contributed by atoms with Gasteiger partial charge in [0.2, 0.25) is 0 Å². The summed E-state index contributed by atoms with van der Waals surface area (Å²) in [7, 11) is 0. The van der Waals surface area contributed by atoms with E-state index in [1.807, 2.05) is 6.20 Å². The van der Waals surface area contributed by atoms with Crippen LogP contribution < -0.4 is 11.1 Å². The van der Waals surface area contributed by atoms with Gasteiger partial charge in [-0.05, 0) is 25.5 Å². The molecule has 0 aromatic carbocycles. The molecule has 3 aromatic rings. The molecule has 1 aliphatic heterocycles. The highest BCUT2D eigenvalue weighted by atomic mass is 35.5. The first kappa shape index (κ1) is 21.5. The van der Waals surface area contributed by atoms with Gasteiger partial charge < -0.3 is 16.0 Å². The number of aromatic amines is 1. The number of anilines is 1. The number of hydrogen-bond acceptors (Lipinski definition) is 7. The van der Waals surface area contributed by atoms with Gasteiger partial charge in [0.05, 0.1) is 17.2 Å². The summed E-state index contributed by atoms with van der Waals surface area (Å²) in [6.45, 7) is 8.75. The molecule has 1 fully saturated rings. The van der Waals surface area contributed by atoms with Gasteiger partial charge in [0, 0.05) is 30.2 Å². The van der Waals surface area contributed by atoms with Crippen molar-refractivity contribution < 1.29 is 4.79 Å². The van der Waals surface area contributed by atoms with Crippen molar-refractivity contribution in [2.75, 3.05) is 18.8 Å². The molecule has 4 N–H and O–H groups in total. The second kappa shape index (κ2) is 8.39. The Morgan fingerprint density at radius 1 is 1.35 bits per heavy atom. The van der Waals surface area contributed by atoms with Gasteiger partial charge >= 0.3 is 0 Å². The fourth-order valence-electron chi connectivity index (χ4n) is 3.78. The number of likely N-dealkylation sites (tertiary alicyclic amines) is 1. The van der Waals surface area contributed by atoms with Gasteiger partial charge in [-0.15, -0.1) is 0 Å². The van der Waals surface area contributed by atoms with Crippen molar-refractivity contribution in [1.82, 2.24) is 35.1 Å². The largest absolute Gasteiger partial charge is 0.382 e. The van der Waals surface area contributed by atoms with Crippen molar-refractivity contribution >= 4 is 34.4 Å². The van der Waals surface area contributed by atoms with Gasteiger partial charge in [0.15, 0.2) is 5.69 Å². The van der Waals surface area contributed by atoms with Crippen molar-refractivity contribution in [3.05, 3.63) is 40.8 Å². The number of nitrogen functional groups attached to an aromatic ring is 1. The zero-order valence-electron chi connectivity index (χ0n) is 17.9. The van der Waals surface area contributed by atoms with Gasteiger partial charge in [-0.3, -0.25) is 9.69 Å². The monoisotopic (exact) mass is 442 g/mol. The highest BCUT2D eigenvalue weighted by molar-refractivity contribution is 6.35. The van der Waals surface area contributed by atoms with Crippen molar-refractivity contribution in [2.24, 2.45) is 0 Å². The van der Waals surface area contributed by atoms with Gasteiger partial charge in [-0.1, -0.05) is 32.4 Å². The fourth-order valence-corrected chi connectivity index (χ4v) is 3.96. The van der Waals surface area contributed by atoms with Gasteiger partial charge in [0.25, 0.3) is 5.91 Å². The number of carbonyl (C=O) groups excluding carboxylic acids is 1. The number of nitrogens with zero attached hydrogens (tertiary/aromatic N) is 5. The third-order valence-corrected chi connectivity index (χ3v) is 5.73. The second-order valence-corrected chi connectivity index (χ2v) is 9.38. The molecule has 4 rings (SSSR count). The first-order valence-corrected chi connectivity index (χ1v) is 10.7. The van der Waals surface area contributed by atoms with Crippen LogP contribution in [0.4, 0.5) is 5.82 Å². The summed E-state index contributed by atoms with van der Waals surface area (Å²) in [5.41, 5.74) is 8.62. The Hall–Kier alpha value is -2.78. The average molecular weight is 443 g/mol. The van der Waals surface area contributed by atoms with E-state index >= 15 is 0 Å². The van der Waals surface area contributed by atoms with E-state index < -0.39 is 0 Å². The third-order valence-electron chi connectivity index (χ3n) is 5.36. The van der Waals surface area contributed by atoms with Crippen molar-refractivity contribution in [3.8, 4) is 0 Å². The molecular formula is C21H27ClN8O. The van der Waals surface area contributed by atoms with Gasteiger partial charge in [-0.2, -0.15) is 0 Å². The number of amides is 1. The lowest BCUT2D eigenvalue weighted by molar-refractivity contribution is 0.0895. The van der Waals surface area contributed by atoms with E-state index in [4.69, 9.17) is 22.3 Å². The van der Waals surface area contributed by atoms with Crippen LogP contribution in [0.1, 0.15) is 55.6 Å². The molecule has 3 aromatic heterocycles. The minimum Gasteiger partial charge on any atom is -0.382 e. The molecule has 1 aliphatic rings. The summed E-state index contributed by atoms with van der Waals surface area (Å²) in [5.74, 6) is 0.598. The Labute approximate surface area is 185 Å². The maximum Gasteiger partial charge on any atom is 0.271 e. The first-order valence-electron chi connectivity index (χ1n) is 10.3. The molecular weight excluding hydrogens is 416 g/mol. The molecule has 10 heteroatoms. The molecule has 0 aliphatic carbocycles. The fraction of sp³-hybridized carbons (Fsp3) is 0.476. The number of rotatable bonds is 4. The zero-order chi connectivity index (χ0) is 22.2. The van der Waals surface area contributed by atoms with E-state index in [1.54, 1.807) is 0 Å². The molecule has 0 saturated carbocycles. The summed E-state index contributed by atoms with van der Waals surface area (Å²) in [6, 6.07) is 2.09. The quantitative estimate of drug-likeness (QED) is 0.567. The lowest BCUT2D eigenvalue weighted by Gasteiger charge is -2.32.